The molecule has 0 spiro atoms. The molecule has 0 saturated carbocycles. The molecule has 4 heterocycles. The molecule has 2 aliphatic heterocycles. The number of nitrogens with zero attached hydrogens (tertiary/aromatic N) is 5. The number of imidazole rings is 1. The fourth-order valence-electron chi connectivity index (χ4n) is 3.64. The monoisotopic (exact) mass is 451 g/mol. The first-order chi connectivity index (χ1) is 14.7. The first-order valence-electron chi connectivity index (χ1n) is 9.56. The molecular weight excluding hydrogens is 431 g/mol. The third-order valence-corrected chi connectivity index (χ3v) is 5.40. The van der Waals surface area contributed by atoms with Gasteiger partial charge in [0.1, 0.15) is 11.5 Å². The topological polar surface area (TPSA) is 95.9 Å². The van der Waals surface area contributed by atoms with E-state index in [-0.39, 0.29) is 11.9 Å². The number of pyridine rings is 1. The molecule has 2 aromatic rings. The van der Waals surface area contributed by atoms with Crippen LogP contribution in [0.2, 0.25) is 0 Å². The van der Waals surface area contributed by atoms with Crippen LogP contribution >= 0.6 is 12.2 Å². The molecule has 1 fully saturated rings. The van der Waals surface area contributed by atoms with E-state index in [1.165, 1.54) is 6.07 Å². The minimum Gasteiger partial charge on any atom is -0.493 e. The Morgan fingerprint density at radius 1 is 1.29 bits per heavy atom. The molecule has 1 saturated heterocycles. The van der Waals surface area contributed by atoms with Crippen LogP contribution in [0.15, 0.2) is 46.0 Å². The number of azo groups is 1. The van der Waals surface area contributed by atoms with E-state index in [0.29, 0.717) is 48.2 Å². The molecule has 0 radical (unpaired) electrons. The van der Waals surface area contributed by atoms with E-state index in [0.717, 1.165) is 17.8 Å². The first-order valence-corrected chi connectivity index (χ1v) is 9.97. The highest BCUT2D eigenvalue weighted by Crippen LogP contribution is 2.30. The lowest BCUT2D eigenvalue weighted by atomic mass is 10.1. The van der Waals surface area contributed by atoms with Gasteiger partial charge in [-0.15, -0.1) is 0 Å². The summed E-state index contributed by atoms with van der Waals surface area (Å²) in [5.41, 5.74) is 1.20. The maximum Gasteiger partial charge on any atom is 0.417 e. The molecule has 0 unspecified atom stereocenters. The summed E-state index contributed by atoms with van der Waals surface area (Å²) < 4.78 is 38.6. The van der Waals surface area contributed by atoms with Gasteiger partial charge in [-0.25, -0.2) is 4.98 Å². The van der Waals surface area contributed by atoms with Crippen molar-refractivity contribution in [3.05, 3.63) is 51.8 Å². The number of hydrogen-bond donors (Lipinski definition) is 3. The third-order valence-electron chi connectivity index (χ3n) is 5.20. The molecule has 2 aromatic heterocycles. The Labute approximate surface area is 180 Å². The Kier molecular flexibility index (Phi) is 5.67. The number of hydrogen-bond acceptors (Lipinski definition) is 7. The second kappa shape index (κ2) is 8.27. The van der Waals surface area contributed by atoms with Crippen LogP contribution in [0.1, 0.15) is 18.2 Å². The van der Waals surface area contributed by atoms with Crippen molar-refractivity contribution in [3.63, 3.8) is 0 Å². The van der Waals surface area contributed by atoms with Crippen molar-refractivity contribution >= 4 is 24.1 Å². The lowest BCUT2D eigenvalue weighted by Crippen LogP contribution is -2.52. The van der Waals surface area contributed by atoms with Gasteiger partial charge in [0, 0.05) is 44.0 Å². The lowest BCUT2D eigenvalue weighted by Gasteiger charge is -2.40. The summed E-state index contributed by atoms with van der Waals surface area (Å²) in [5.74, 6) is 0.467. The van der Waals surface area contributed by atoms with E-state index < -0.39 is 11.7 Å². The van der Waals surface area contributed by atoms with Gasteiger partial charge in [0.15, 0.2) is 4.77 Å². The molecule has 0 amide bonds. The average molecular weight is 451 g/mol. The zero-order chi connectivity index (χ0) is 22.2. The molecular formula is C19H20F3N7OS. The average Bonchev–Trinajstić information content (AvgIpc) is 3.27. The highest BCUT2D eigenvalue weighted by molar-refractivity contribution is 7.71. The normalized spacial score (nSPS) is 21.2. The van der Waals surface area contributed by atoms with Gasteiger partial charge < -0.3 is 20.0 Å². The fourth-order valence-corrected chi connectivity index (χ4v) is 3.85. The largest absolute Gasteiger partial charge is 0.493 e. The standard InChI is InChI=1S/C19H20F3N7OS/c1-11-9-28(4-5-29(11)16-3-2-13(8-23-16)19(20,21)22)10-12-7-24-27-14(12)6-15-17(30)26-18(31)25-15/h2-3,6-8,11,30H,4-5,9-10H2,1H3,(H2,25,26,31)/b14-6-/t11-/m1/s1. The third kappa shape index (κ3) is 4.69. The predicted molar refractivity (Wildman–Crippen MR) is 111 cm³/mol. The van der Waals surface area contributed by atoms with Crippen molar-refractivity contribution < 1.29 is 18.3 Å². The Morgan fingerprint density at radius 2 is 2.10 bits per heavy atom. The second-order valence-electron chi connectivity index (χ2n) is 7.42. The Balaban J connectivity index is 1.40. The molecule has 31 heavy (non-hydrogen) atoms. The van der Waals surface area contributed by atoms with Crippen molar-refractivity contribution in [2.75, 3.05) is 31.1 Å². The van der Waals surface area contributed by atoms with Crippen molar-refractivity contribution in [1.82, 2.24) is 19.9 Å². The second-order valence-corrected chi connectivity index (χ2v) is 7.83. The summed E-state index contributed by atoms with van der Waals surface area (Å²) in [7, 11) is 0. The van der Waals surface area contributed by atoms with Crippen molar-refractivity contribution in [2.45, 2.75) is 19.1 Å². The minimum absolute atomic E-state index is 0.0612. The van der Waals surface area contributed by atoms with Gasteiger partial charge in [0.05, 0.1) is 17.5 Å². The summed E-state index contributed by atoms with van der Waals surface area (Å²) >= 11 is 4.97. The van der Waals surface area contributed by atoms with Gasteiger partial charge in [0.2, 0.25) is 5.88 Å². The number of anilines is 1. The number of nitrogens with one attached hydrogen (secondary N) is 2. The number of aromatic hydroxyl groups is 1. The van der Waals surface area contributed by atoms with Crippen LogP contribution in [0.3, 0.4) is 0 Å². The van der Waals surface area contributed by atoms with E-state index in [1.807, 2.05) is 11.8 Å². The van der Waals surface area contributed by atoms with E-state index in [1.54, 1.807) is 12.3 Å². The number of aromatic nitrogens is 3. The molecule has 0 aliphatic carbocycles. The zero-order valence-corrected chi connectivity index (χ0v) is 17.3. The molecule has 0 aromatic carbocycles. The van der Waals surface area contributed by atoms with Gasteiger partial charge >= 0.3 is 6.18 Å². The summed E-state index contributed by atoms with van der Waals surface area (Å²) in [5, 5.41) is 18.0. The van der Waals surface area contributed by atoms with E-state index in [4.69, 9.17) is 12.2 Å². The molecule has 2 aliphatic rings. The summed E-state index contributed by atoms with van der Waals surface area (Å²) in [6, 6.07) is 2.54. The molecule has 12 heteroatoms. The van der Waals surface area contributed by atoms with Crippen molar-refractivity contribution in [3.8, 4) is 5.88 Å². The fraction of sp³-hybridized carbons (Fsp3) is 0.368. The summed E-state index contributed by atoms with van der Waals surface area (Å²) in [6.45, 7) is 4.65. The smallest absolute Gasteiger partial charge is 0.417 e. The Morgan fingerprint density at radius 3 is 2.71 bits per heavy atom. The van der Waals surface area contributed by atoms with Crippen LogP contribution in [0, 0.1) is 4.77 Å². The van der Waals surface area contributed by atoms with Gasteiger partial charge in [-0.2, -0.15) is 23.4 Å². The number of aromatic amines is 2. The van der Waals surface area contributed by atoms with Crippen LogP contribution < -0.4 is 4.90 Å². The predicted octanol–water partition coefficient (Wildman–Crippen LogP) is 4.09. The molecule has 3 N–H and O–H groups in total. The van der Waals surface area contributed by atoms with E-state index >= 15 is 0 Å². The van der Waals surface area contributed by atoms with Gasteiger partial charge in [-0.05, 0) is 37.4 Å². The lowest BCUT2D eigenvalue weighted by molar-refractivity contribution is -0.137. The summed E-state index contributed by atoms with van der Waals surface area (Å²) in [4.78, 5) is 13.7. The quantitative estimate of drug-likeness (QED) is 0.609. The highest BCUT2D eigenvalue weighted by atomic mass is 32.1. The van der Waals surface area contributed by atoms with Crippen LogP contribution in [0.25, 0.3) is 6.08 Å². The number of alkyl halides is 3. The number of rotatable bonds is 4. The van der Waals surface area contributed by atoms with Crippen LogP contribution in [0.5, 0.6) is 5.88 Å². The highest BCUT2D eigenvalue weighted by Gasteiger charge is 2.32. The summed E-state index contributed by atoms with van der Waals surface area (Å²) in [6.07, 6.45) is -0.165. The molecule has 0 bridgehead atoms. The number of piperazine rings is 1. The molecule has 164 valence electrons. The zero-order valence-electron chi connectivity index (χ0n) is 16.5. The van der Waals surface area contributed by atoms with Crippen molar-refractivity contribution in [2.24, 2.45) is 10.2 Å². The number of H-pyrrole nitrogens is 2. The first kappa shape index (κ1) is 21.2. The number of halogens is 3. The van der Waals surface area contributed by atoms with Crippen LogP contribution in [-0.4, -0.2) is 57.2 Å². The molecule has 4 rings (SSSR count). The van der Waals surface area contributed by atoms with Gasteiger partial charge in [-0.3, -0.25) is 4.90 Å². The van der Waals surface area contributed by atoms with Gasteiger partial charge in [0.25, 0.3) is 0 Å². The Hall–Kier alpha value is -2.99. The Bertz CT molecular complexity index is 1100. The maximum atomic E-state index is 12.8. The SMILES string of the molecule is C[C@@H]1CN(CC2=CN=N/C2=C\c2[nH]c(=S)[nH]c2O)CCN1c1ccc(C(F)(F)F)cn1. The molecule has 1 atom stereocenters. The maximum absolute atomic E-state index is 12.8. The molecule has 8 nitrogen and oxygen atoms in total. The van der Waals surface area contributed by atoms with Crippen LogP contribution in [-0.2, 0) is 6.18 Å². The van der Waals surface area contributed by atoms with Crippen molar-refractivity contribution in [1.29, 1.82) is 0 Å². The minimum atomic E-state index is -4.39. The van der Waals surface area contributed by atoms with E-state index in [9.17, 15) is 18.3 Å². The van der Waals surface area contributed by atoms with Crippen LogP contribution in [0.4, 0.5) is 19.0 Å². The van der Waals surface area contributed by atoms with Gasteiger partial charge in [-0.1, -0.05) is 0 Å². The van der Waals surface area contributed by atoms with E-state index in [2.05, 4.69) is 30.1 Å².